The van der Waals surface area contributed by atoms with Crippen molar-refractivity contribution in [2.24, 2.45) is 5.18 Å². The van der Waals surface area contributed by atoms with Crippen molar-refractivity contribution in [1.82, 2.24) is 4.57 Å². The Morgan fingerprint density at radius 2 is 1.96 bits per heavy atom. The Kier molecular flexibility index (Phi) is 3.84. The Morgan fingerprint density at radius 1 is 1.22 bits per heavy atom. The van der Waals surface area contributed by atoms with Crippen LogP contribution in [0.2, 0.25) is 0 Å². The summed E-state index contributed by atoms with van der Waals surface area (Å²) in [5, 5.41) is 13.3. The molecule has 0 radical (unpaired) electrons. The van der Waals surface area contributed by atoms with Crippen molar-refractivity contribution in [3.63, 3.8) is 0 Å². The van der Waals surface area contributed by atoms with Crippen LogP contribution >= 0.6 is 0 Å². The number of ether oxygens (including phenoxy) is 1. The zero-order chi connectivity index (χ0) is 16.4. The number of hydrogen-bond donors (Lipinski definition) is 1. The molecule has 0 spiro atoms. The zero-order valence-electron chi connectivity index (χ0n) is 12.4. The van der Waals surface area contributed by atoms with E-state index in [-0.39, 0.29) is 12.4 Å². The molecule has 1 heterocycles. The molecule has 3 rings (SSSR count). The standard InChI is InChI=1S/C16H13BN2O4/c17-11-3-6-14-13(7-11)15(20)8-19(14)16(21)23-9-10-1-4-12(18-22)5-2-10/h1-8,20H,9,17H2. The molecule has 0 saturated heterocycles. The molecule has 23 heavy (non-hydrogen) atoms. The summed E-state index contributed by atoms with van der Waals surface area (Å²) < 4.78 is 6.51. The molecule has 0 aliphatic heterocycles. The van der Waals surface area contributed by atoms with E-state index in [0.717, 1.165) is 11.0 Å². The molecule has 0 atom stereocenters. The number of fused-ring (bicyclic) bond motifs is 1. The fourth-order valence-corrected chi connectivity index (χ4v) is 2.35. The third-order valence-electron chi connectivity index (χ3n) is 3.54. The van der Waals surface area contributed by atoms with Gasteiger partial charge in [-0.05, 0) is 28.9 Å². The smallest absolute Gasteiger partial charge is 0.418 e. The normalized spacial score (nSPS) is 10.6. The summed E-state index contributed by atoms with van der Waals surface area (Å²) in [5.41, 5.74) is 2.63. The van der Waals surface area contributed by atoms with Gasteiger partial charge in [-0.2, -0.15) is 0 Å². The second-order valence-corrected chi connectivity index (χ2v) is 5.22. The average Bonchev–Trinajstić information content (AvgIpc) is 2.89. The van der Waals surface area contributed by atoms with E-state index in [1.807, 2.05) is 13.9 Å². The number of nitroso groups, excluding NO2 is 1. The van der Waals surface area contributed by atoms with Crippen LogP contribution in [-0.2, 0) is 11.3 Å². The van der Waals surface area contributed by atoms with Crippen molar-refractivity contribution < 1.29 is 14.6 Å². The van der Waals surface area contributed by atoms with Gasteiger partial charge in [0.2, 0.25) is 0 Å². The lowest BCUT2D eigenvalue weighted by atomic mass is 9.95. The van der Waals surface area contributed by atoms with E-state index in [4.69, 9.17) is 4.74 Å². The van der Waals surface area contributed by atoms with E-state index in [9.17, 15) is 14.8 Å². The fraction of sp³-hybridized carbons (Fsp3) is 0.0625. The van der Waals surface area contributed by atoms with E-state index in [2.05, 4.69) is 5.18 Å². The van der Waals surface area contributed by atoms with Gasteiger partial charge >= 0.3 is 6.09 Å². The summed E-state index contributed by atoms with van der Waals surface area (Å²) in [4.78, 5) is 22.6. The third kappa shape index (κ3) is 2.94. The van der Waals surface area contributed by atoms with E-state index >= 15 is 0 Å². The molecule has 0 bridgehead atoms. The van der Waals surface area contributed by atoms with Gasteiger partial charge in [0, 0.05) is 5.39 Å². The number of carbonyl (C=O) groups excluding carboxylic acids is 1. The number of rotatable bonds is 3. The van der Waals surface area contributed by atoms with Crippen LogP contribution in [-0.4, -0.2) is 23.6 Å². The van der Waals surface area contributed by atoms with Gasteiger partial charge in [0.1, 0.15) is 25.9 Å². The maximum absolute atomic E-state index is 12.2. The number of carbonyl (C=O) groups is 1. The Morgan fingerprint density at radius 3 is 2.65 bits per heavy atom. The molecular weight excluding hydrogens is 295 g/mol. The van der Waals surface area contributed by atoms with Crippen molar-refractivity contribution in [2.75, 3.05) is 0 Å². The summed E-state index contributed by atoms with van der Waals surface area (Å²) in [6, 6.07) is 11.9. The van der Waals surface area contributed by atoms with Gasteiger partial charge in [0.15, 0.2) is 0 Å². The van der Waals surface area contributed by atoms with Gasteiger partial charge in [-0.15, -0.1) is 4.91 Å². The largest absolute Gasteiger partial charge is 0.506 e. The van der Waals surface area contributed by atoms with Crippen molar-refractivity contribution >= 4 is 36.0 Å². The summed E-state index contributed by atoms with van der Waals surface area (Å²) >= 11 is 0. The molecule has 0 fully saturated rings. The van der Waals surface area contributed by atoms with Crippen LogP contribution < -0.4 is 5.46 Å². The average molecular weight is 308 g/mol. The summed E-state index contributed by atoms with van der Waals surface area (Å²) in [6.07, 6.45) is 0.753. The van der Waals surface area contributed by atoms with Gasteiger partial charge in [-0.3, -0.25) is 0 Å². The lowest BCUT2D eigenvalue weighted by Gasteiger charge is -2.06. The Balaban J connectivity index is 1.79. The van der Waals surface area contributed by atoms with E-state index in [1.165, 1.54) is 10.8 Å². The molecule has 0 unspecified atom stereocenters. The van der Waals surface area contributed by atoms with Crippen LogP contribution in [0.5, 0.6) is 5.75 Å². The topological polar surface area (TPSA) is 80.9 Å². The van der Waals surface area contributed by atoms with Gasteiger partial charge in [-0.1, -0.05) is 29.7 Å². The maximum Gasteiger partial charge on any atom is 0.418 e. The monoisotopic (exact) mass is 308 g/mol. The second-order valence-electron chi connectivity index (χ2n) is 5.22. The molecule has 3 aromatic rings. The Hall–Kier alpha value is -3.09. The number of hydrogen-bond acceptors (Lipinski definition) is 5. The molecular formula is C16H13BN2O4. The predicted molar refractivity (Wildman–Crippen MR) is 89.3 cm³/mol. The molecule has 1 aromatic heterocycles. The first kappa shape index (κ1) is 14.8. The highest BCUT2D eigenvalue weighted by molar-refractivity contribution is 6.33. The SMILES string of the molecule is Bc1ccc2c(c1)c(O)cn2C(=O)OCc1ccc(N=O)cc1. The molecule has 7 heteroatoms. The molecule has 0 saturated carbocycles. The molecule has 2 aromatic carbocycles. The molecule has 6 nitrogen and oxygen atoms in total. The lowest BCUT2D eigenvalue weighted by molar-refractivity contribution is 0.142. The predicted octanol–water partition coefficient (Wildman–Crippen LogP) is 2.19. The highest BCUT2D eigenvalue weighted by Crippen LogP contribution is 2.26. The van der Waals surface area contributed by atoms with Crippen LogP contribution in [0.25, 0.3) is 10.9 Å². The van der Waals surface area contributed by atoms with E-state index in [0.29, 0.717) is 16.6 Å². The lowest BCUT2D eigenvalue weighted by Crippen LogP contribution is -2.12. The van der Waals surface area contributed by atoms with Gasteiger partial charge in [0.25, 0.3) is 0 Å². The van der Waals surface area contributed by atoms with Crippen molar-refractivity contribution in [1.29, 1.82) is 0 Å². The molecule has 0 aliphatic carbocycles. The molecule has 0 aliphatic rings. The first-order chi connectivity index (χ1) is 11.1. The van der Waals surface area contributed by atoms with Crippen LogP contribution in [0.3, 0.4) is 0 Å². The van der Waals surface area contributed by atoms with Crippen LogP contribution in [0.4, 0.5) is 10.5 Å². The van der Waals surface area contributed by atoms with Gasteiger partial charge < -0.3 is 9.84 Å². The van der Waals surface area contributed by atoms with Gasteiger partial charge in [0.05, 0.1) is 11.7 Å². The molecule has 114 valence electrons. The first-order valence-corrected chi connectivity index (χ1v) is 6.98. The first-order valence-electron chi connectivity index (χ1n) is 6.98. The Bertz CT molecular complexity index is 887. The quantitative estimate of drug-likeness (QED) is 0.594. The van der Waals surface area contributed by atoms with E-state index in [1.54, 1.807) is 36.4 Å². The highest BCUT2D eigenvalue weighted by Gasteiger charge is 2.14. The van der Waals surface area contributed by atoms with E-state index < -0.39 is 6.09 Å². The number of aromatic nitrogens is 1. The minimum Gasteiger partial charge on any atom is -0.506 e. The number of nitrogens with zero attached hydrogens (tertiary/aromatic N) is 2. The summed E-state index contributed by atoms with van der Waals surface area (Å²) in [6.45, 7) is 0.0598. The van der Waals surface area contributed by atoms with Crippen LogP contribution in [0.15, 0.2) is 53.8 Å². The minimum absolute atomic E-state index is 0.0297. The van der Waals surface area contributed by atoms with Crippen molar-refractivity contribution in [2.45, 2.75) is 6.61 Å². The third-order valence-corrected chi connectivity index (χ3v) is 3.54. The summed E-state index contributed by atoms with van der Waals surface area (Å²) in [7, 11) is 1.91. The van der Waals surface area contributed by atoms with Crippen LogP contribution in [0.1, 0.15) is 5.56 Å². The maximum atomic E-state index is 12.2. The van der Waals surface area contributed by atoms with Crippen LogP contribution in [0, 0.1) is 4.91 Å². The van der Waals surface area contributed by atoms with Gasteiger partial charge in [-0.25, -0.2) is 9.36 Å². The second kappa shape index (κ2) is 5.96. The molecule has 1 N–H and O–H groups in total. The molecule has 0 amide bonds. The number of aromatic hydroxyl groups is 1. The summed E-state index contributed by atoms with van der Waals surface area (Å²) in [5.74, 6) is 0.0297. The van der Waals surface area contributed by atoms with Crippen molar-refractivity contribution in [3.05, 3.63) is 59.1 Å². The highest BCUT2D eigenvalue weighted by atomic mass is 16.5. The van der Waals surface area contributed by atoms with Crippen molar-refractivity contribution in [3.8, 4) is 5.75 Å². The minimum atomic E-state index is -0.586. The Labute approximate surface area is 132 Å². The number of benzene rings is 2. The fourth-order valence-electron chi connectivity index (χ4n) is 2.35. The zero-order valence-corrected chi connectivity index (χ0v) is 12.4.